The van der Waals surface area contributed by atoms with Crippen molar-refractivity contribution in [2.75, 3.05) is 0 Å². The molecule has 0 saturated heterocycles. The lowest BCUT2D eigenvalue weighted by molar-refractivity contribution is 0.292. The molecule has 0 atom stereocenters. The molecule has 130 valence electrons. The molecule has 3 nitrogen and oxygen atoms in total. The van der Waals surface area contributed by atoms with E-state index in [9.17, 15) is 4.79 Å². The van der Waals surface area contributed by atoms with E-state index in [1.54, 1.807) is 6.08 Å². The molecule has 1 aliphatic rings. The summed E-state index contributed by atoms with van der Waals surface area (Å²) in [6, 6.07) is 16.3. The van der Waals surface area contributed by atoms with E-state index in [-0.39, 0.29) is 5.54 Å². The highest BCUT2D eigenvalue weighted by Crippen LogP contribution is 2.36. The zero-order chi connectivity index (χ0) is 17.5. The summed E-state index contributed by atoms with van der Waals surface area (Å²) < 4.78 is 6.92. The van der Waals surface area contributed by atoms with Gasteiger partial charge in [0.25, 0.3) is 0 Å². The van der Waals surface area contributed by atoms with Crippen LogP contribution in [0.25, 0.3) is 0 Å². The molecule has 3 rings (SSSR count). The van der Waals surface area contributed by atoms with E-state index in [2.05, 4.69) is 33.1 Å². The van der Waals surface area contributed by atoms with Gasteiger partial charge in [-0.3, -0.25) is 0 Å². The Kier molecular flexibility index (Phi) is 6.06. The number of aliphatic imine (C=N–C) groups is 1. The summed E-state index contributed by atoms with van der Waals surface area (Å²) in [5, 5.41) is 0. The third-order valence-electron chi connectivity index (χ3n) is 4.83. The van der Waals surface area contributed by atoms with Crippen LogP contribution < -0.4 is 4.74 Å². The van der Waals surface area contributed by atoms with Gasteiger partial charge in [0, 0.05) is 0 Å². The second-order valence-electron chi connectivity index (χ2n) is 6.70. The average Bonchev–Trinajstić information content (AvgIpc) is 2.64. The van der Waals surface area contributed by atoms with Gasteiger partial charge < -0.3 is 4.74 Å². The minimum atomic E-state index is -0.287. The first kappa shape index (κ1) is 17.9. The lowest BCUT2D eigenvalue weighted by Crippen LogP contribution is -2.32. The van der Waals surface area contributed by atoms with Crippen molar-refractivity contribution < 1.29 is 9.53 Å². The maximum Gasteiger partial charge on any atom is 0.235 e. The van der Waals surface area contributed by atoms with Crippen molar-refractivity contribution >= 4 is 22.0 Å². The molecule has 0 bridgehead atoms. The topological polar surface area (TPSA) is 38.7 Å². The van der Waals surface area contributed by atoms with Crippen LogP contribution in [0.2, 0.25) is 0 Å². The van der Waals surface area contributed by atoms with E-state index in [0.717, 1.165) is 53.5 Å². The van der Waals surface area contributed by atoms with Crippen molar-refractivity contribution in [3.05, 3.63) is 64.1 Å². The van der Waals surface area contributed by atoms with Gasteiger partial charge in [-0.2, -0.15) is 4.99 Å². The van der Waals surface area contributed by atoms with Gasteiger partial charge in [-0.1, -0.05) is 55.7 Å². The normalized spacial score (nSPS) is 16.0. The van der Waals surface area contributed by atoms with Crippen LogP contribution in [-0.4, -0.2) is 11.6 Å². The highest BCUT2D eigenvalue weighted by molar-refractivity contribution is 9.10. The number of halogens is 1. The minimum Gasteiger partial charge on any atom is -0.488 e. The fourth-order valence-corrected chi connectivity index (χ4v) is 3.88. The average molecular weight is 400 g/mol. The van der Waals surface area contributed by atoms with Gasteiger partial charge in [0.05, 0.1) is 10.0 Å². The number of isocyanates is 1. The van der Waals surface area contributed by atoms with Gasteiger partial charge >= 0.3 is 0 Å². The Morgan fingerprint density at radius 3 is 2.52 bits per heavy atom. The number of hydrogen-bond donors (Lipinski definition) is 0. The van der Waals surface area contributed by atoms with Crippen LogP contribution in [0.5, 0.6) is 5.75 Å². The van der Waals surface area contributed by atoms with Crippen LogP contribution >= 0.6 is 15.9 Å². The maximum absolute atomic E-state index is 10.9. The Balaban J connectivity index is 1.75. The van der Waals surface area contributed by atoms with E-state index < -0.39 is 0 Å². The van der Waals surface area contributed by atoms with Gasteiger partial charge in [-0.05, 0) is 58.5 Å². The molecule has 1 saturated carbocycles. The standard InChI is InChI=1S/C21H22BrNO2/c22-19-10-9-18(14-21(23-16-24)11-5-2-6-12-21)13-20(19)25-15-17-7-3-1-4-8-17/h1,3-4,7-10,13H,2,5-6,11-12,14-15H2. The largest absolute Gasteiger partial charge is 0.488 e. The fraction of sp³-hybridized carbons (Fsp3) is 0.381. The molecule has 25 heavy (non-hydrogen) atoms. The van der Waals surface area contributed by atoms with Gasteiger partial charge in [0.15, 0.2) is 0 Å². The summed E-state index contributed by atoms with van der Waals surface area (Å²) in [5.74, 6) is 0.822. The van der Waals surface area contributed by atoms with Crippen molar-refractivity contribution in [2.45, 2.75) is 50.7 Å². The van der Waals surface area contributed by atoms with Crippen LogP contribution in [0.1, 0.15) is 43.2 Å². The molecule has 1 fully saturated rings. The van der Waals surface area contributed by atoms with Crippen molar-refractivity contribution in [3.63, 3.8) is 0 Å². The Morgan fingerprint density at radius 2 is 1.80 bits per heavy atom. The Bertz CT molecular complexity index is 748. The molecule has 0 heterocycles. The number of ether oxygens (including phenoxy) is 1. The first-order valence-corrected chi connectivity index (χ1v) is 9.54. The number of hydrogen-bond acceptors (Lipinski definition) is 3. The molecule has 2 aromatic carbocycles. The summed E-state index contributed by atoms with van der Waals surface area (Å²) in [6.07, 6.45) is 7.95. The quantitative estimate of drug-likeness (QED) is 0.467. The lowest BCUT2D eigenvalue weighted by Gasteiger charge is -2.32. The maximum atomic E-state index is 10.9. The summed E-state index contributed by atoms with van der Waals surface area (Å²) in [6.45, 7) is 0.528. The van der Waals surface area contributed by atoms with E-state index in [1.807, 2.05) is 36.4 Å². The zero-order valence-electron chi connectivity index (χ0n) is 14.2. The van der Waals surface area contributed by atoms with E-state index in [1.165, 1.54) is 6.42 Å². The first-order valence-electron chi connectivity index (χ1n) is 8.75. The van der Waals surface area contributed by atoms with Crippen LogP contribution in [0, 0.1) is 0 Å². The number of benzene rings is 2. The molecule has 0 spiro atoms. The van der Waals surface area contributed by atoms with Crippen LogP contribution in [0.15, 0.2) is 58.0 Å². The molecule has 0 aliphatic heterocycles. The summed E-state index contributed by atoms with van der Waals surface area (Å²) in [5.41, 5.74) is 1.99. The van der Waals surface area contributed by atoms with E-state index in [4.69, 9.17) is 4.74 Å². The number of rotatable bonds is 6. The second-order valence-corrected chi connectivity index (χ2v) is 7.56. The first-order chi connectivity index (χ1) is 12.2. The Hall–Kier alpha value is -1.90. The van der Waals surface area contributed by atoms with Crippen LogP contribution in [-0.2, 0) is 17.8 Å². The molecule has 0 N–H and O–H groups in total. The predicted molar refractivity (Wildman–Crippen MR) is 103 cm³/mol. The second kappa shape index (κ2) is 8.46. The highest BCUT2D eigenvalue weighted by atomic mass is 79.9. The Labute approximate surface area is 157 Å². The molecule has 4 heteroatoms. The molecule has 0 radical (unpaired) electrons. The highest BCUT2D eigenvalue weighted by Gasteiger charge is 2.32. The van der Waals surface area contributed by atoms with Gasteiger partial charge in [0.2, 0.25) is 6.08 Å². The van der Waals surface area contributed by atoms with Crippen molar-refractivity contribution in [1.82, 2.24) is 0 Å². The smallest absolute Gasteiger partial charge is 0.235 e. The van der Waals surface area contributed by atoms with Crippen LogP contribution in [0.3, 0.4) is 0 Å². The minimum absolute atomic E-state index is 0.287. The molecular formula is C21H22BrNO2. The third-order valence-corrected chi connectivity index (χ3v) is 5.49. The number of carbonyl (C=O) groups excluding carboxylic acids is 1. The Morgan fingerprint density at radius 1 is 1.04 bits per heavy atom. The van der Waals surface area contributed by atoms with Crippen molar-refractivity contribution in [1.29, 1.82) is 0 Å². The molecule has 0 aromatic heterocycles. The molecule has 0 amide bonds. The van der Waals surface area contributed by atoms with Crippen molar-refractivity contribution in [2.24, 2.45) is 4.99 Å². The van der Waals surface area contributed by atoms with Gasteiger partial charge in [-0.25, -0.2) is 4.79 Å². The van der Waals surface area contributed by atoms with Gasteiger partial charge in [0.1, 0.15) is 12.4 Å². The lowest BCUT2D eigenvalue weighted by atomic mass is 9.78. The van der Waals surface area contributed by atoms with E-state index >= 15 is 0 Å². The van der Waals surface area contributed by atoms with Gasteiger partial charge in [-0.15, -0.1) is 0 Å². The monoisotopic (exact) mass is 399 g/mol. The third kappa shape index (κ3) is 4.81. The number of nitrogens with zero attached hydrogens (tertiary/aromatic N) is 1. The molecular weight excluding hydrogens is 378 g/mol. The summed E-state index contributed by atoms with van der Waals surface area (Å²) in [4.78, 5) is 15.1. The SMILES string of the molecule is O=C=NC1(Cc2ccc(Br)c(OCc3ccccc3)c2)CCCCC1. The zero-order valence-corrected chi connectivity index (χ0v) is 15.8. The molecule has 0 unspecified atom stereocenters. The predicted octanol–water partition coefficient (Wildman–Crippen LogP) is 5.61. The van der Waals surface area contributed by atoms with E-state index in [0.29, 0.717) is 6.61 Å². The molecule has 1 aliphatic carbocycles. The summed E-state index contributed by atoms with van der Waals surface area (Å²) >= 11 is 3.56. The molecule has 2 aromatic rings. The summed E-state index contributed by atoms with van der Waals surface area (Å²) in [7, 11) is 0. The fourth-order valence-electron chi connectivity index (χ4n) is 3.52. The van der Waals surface area contributed by atoms with Crippen LogP contribution in [0.4, 0.5) is 0 Å². The van der Waals surface area contributed by atoms with Crippen molar-refractivity contribution in [3.8, 4) is 5.75 Å².